The predicted molar refractivity (Wildman–Crippen MR) is 130 cm³/mol. The molecule has 2 amide bonds. The van der Waals surface area contributed by atoms with Crippen LogP contribution in [0.25, 0.3) is 0 Å². The highest BCUT2D eigenvalue weighted by atomic mass is 35.5. The number of hydrogen-bond acceptors (Lipinski definition) is 5. The number of rotatable bonds is 10. The Morgan fingerprint density at radius 1 is 1.03 bits per heavy atom. The molecule has 1 aliphatic rings. The summed E-state index contributed by atoms with van der Waals surface area (Å²) in [5, 5.41) is 5.91. The zero-order chi connectivity index (χ0) is 24.9. The Labute approximate surface area is 204 Å². The summed E-state index contributed by atoms with van der Waals surface area (Å²) in [6.07, 6.45) is 1.13. The topological polar surface area (TPSA) is 79.9 Å². The fourth-order valence-electron chi connectivity index (χ4n) is 4.49. The van der Waals surface area contributed by atoms with Crippen molar-refractivity contribution in [3.8, 4) is 5.75 Å². The molecule has 9 heteroatoms. The number of ether oxygens (including phenoxy) is 2. The second kappa shape index (κ2) is 10.6. The highest BCUT2D eigenvalue weighted by Gasteiger charge is 2.50. The number of carbonyl (C=O) groups is 2. The van der Waals surface area contributed by atoms with Crippen LogP contribution in [-0.2, 0) is 20.9 Å². The van der Waals surface area contributed by atoms with Crippen LogP contribution < -0.4 is 20.3 Å². The quantitative estimate of drug-likeness (QED) is 0.530. The van der Waals surface area contributed by atoms with Crippen molar-refractivity contribution in [3.63, 3.8) is 0 Å². The third kappa shape index (κ3) is 7.08. The molecule has 0 radical (unpaired) electrons. The fraction of sp³-hybridized carbons (Fsp3) is 0.440. The van der Waals surface area contributed by atoms with Crippen LogP contribution in [0, 0.1) is 5.82 Å². The van der Waals surface area contributed by atoms with E-state index in [1.165, 1.54) is 12.1 Å². The Morgan fingerprint density at radius 3 is 2.29 bits per heavy atom. The van der Waals surface area contributed by atoms with E-state index in [-0.39, 0.29) is 35.8 Å². The van der Waals surface area contributed by atoms with Crippen LogP contribution in [0.3, 0.4) is 0 Å². The lowest BCUT2D eigenvalue weighted by atomic mass is 9.64. The van der Waals surface area contributed by atoms with Crippen LogP contribution in [0.4, 0.5) is 10.1 Å². The summed E-state index contributed by atoms with van der Waals surface area (Å²) in [4.78, 5) is 26.7. The van der Waals surface area contributed by atoms with Crippen LogP contribution in [0.5, 0.6) is 5.75 Å². The van der Waals surface area contributed by atoms with Gasteiger partial charge in [0, 0.05) is 36.9 Å². The molecule has 0 aliphatic heterocycles. The average Bonchev–Trinajstić information content (AvgIpc) is 2.73. The van der Waals surface area contributed by atoms with Crippen LogP contribution >= 0.6 is 11.6 Å². The lowest BCUT2D eigenvalue weighted by Crippen LogP contribution is -2.69. The van der Waals surface area contributed by atoms with Crippen molar-refractivity contribution in [2.75, 3.05) is 32.2 Å². The first-order valence-electron chi connectivity index (χ1n) is 11.0. The van der Waals surface area contributed by atoms with E-state index in [4.69, 9.17) is 21.1 Å². The number of benzene rings is 2. The zero-order valence-electron chi connectivity index (χ0n) is 19.9. The maximum Gasteiger partial charge on any atom is 0.258 e. The summed E-state index contributed by atoms with van der Waals surface area (Å²) < 4.78 is 24.4. The van der Waals surface area contributed by atoms with E-state index in [1.807, 2.05) is 57.1 Å². The minimum Gasteiger partial charge on any atom is -0.484 e. The van der Waals surface area contributed by atoms with Gasteiger partial charge in [-0.1, -0.05) is 23.7 Å². The number of halogens is 2. The summed E-state index contributed by atoms with van der Waals surface area (Å²) in [5.74, 6) is -0.910. The first-order chi connectivity index (χ1) is 16.0. The largest absolute Gasteiger partial charge is 0.484 e. The molecule has 0 aromatic heterocycles. The maximum absolute atomic E-state index is 13.5. The molecule has 0 bridgehead atoms. The Hall–Kier alpha value is -2.84. The van der Waals surface area contributed by atoms with Gasteiger partial charge in [-0.05, 0) is 56.5 Å². The molecule has 1 fully saturated rings. The van der Waals surface area contributed by atoms with E-state index >= 15 is 0 Å². The summed E-state index contributed by atoms with van der Waals surface area (Å²) in [6, 6.07) is 11.9. The van der Waals surface area contributed by atoms with E-state index in [0.29, 0.717) is 19.4 Å². The second-order valence-electron chi connectivity index (χ2n) is 9.49. The Morgan fingerprint density at radius 2 is 1.68 bits per heavy atom. The van der Waals surface area contributed by atoms with Gasteiger partial charge in [-0.2, -0.15) is 0 Å². The summed E-state index contributed by atoms with van der Waals surface area (Å²) >= 11 is 5.64. The third-order valence-electron chi connectivity index (χ3n) is 5.63. The first kappa shape index (κ1) is 25.8. The Balaban J connectivity index is 1.38. The Kier molecular flexibility index (Phi) is 8.05. The van der Waals surface area contributed by atoms with Crippen molar-refractivity contribution >= 4 is 29.1 Å². The summed E-state index contributed by atoms with van der Waals surface area (Å²) in [7, 11) is 3.94. The van der Waals surface area contributed by atoms with Crippen molar-refractivity contribution in [3.05, 3.63) is 58.9 Å². The van der Waals surface area contributed by atoms with Gasteiger partial charge >= 0.3 is 0 Å². The number of amides is 2. The van der Waals surface area contributed by atoms with Crippen molar-refractivity contribution in [2.24, 2.45) is 0 Å². The van der Waals surface area contributed by atoms with Gasteiger partial charge in [-0.25, -0.2) is 4.39 Å². The van der Waals surface area contributed by atoms with Crippen molar-refractivity contribution in [2.45, 2.75) is 44.4 Å². The SMILES string of the molecule is CN(C)c1cccc(COCC(=O)NC2(C)CC(C)(NC(=O)COc3ccc(Cl)c(F)c3)C2)c1. The van der Waals surface area contributed by atoms with Gasteiger partial charge < -0.3 is 25.0 Å². The van der Waals surface area contributed by atoms with Gasteiger partial charge in [0.15, 0.2) is 6.61 Å². The van der Waals surface area contributed by atoms with Gasteiger partial charge in [-0.3, -0.25) is 9.59 Å². The number of carbonyl (C=O) groups excluding carboxylic acids is 2. The third-order valence-corrected chi connectivity index (χ3v) is 5.94. The minimum atomic E-state index is -0.608. The fourth-order valence-corrected chi connectivity index (χ4v) is 4.61. The van der Waals surface area contributed by atoms with Crippen molar-refractivity contribution in [1.82, 2.24) is 10.6 Å². The molecule has 0 atom stereocenters. The molecule has 1 aliphatic carbocycles. The highest BCUT2D eigenvalue weighted by molar-refractivity contribution is 6.30. The first-order valence-corrected chi connectivity index (χ1v) is 11.4. The van der Waals surface area contributed by atoms with Gasteiger partial charge in [0.05, 0.1) is 11.6 Å². The number of nitrogens with zero attached hydrogens (tertiary/aromatic N) is 1. The minimum absolute atomic E-state index is 0.0101. The molecule has 0 unspecified atom stereocenters. The number of hydrogen-bond donors (Lipinski definition) is 2. The van der Waals surface area contributed by atoms with Crippen LogP contribution in [0.1, 0.15) is 32.3 Å². The lowest BCUT2D eigenvalue weighted by molar-refractivity contribution is -0.131. The van der Waals surface area contributed by atoms with Crippen LogP contribution in [0.2, 0.25) is 5.02 Å². The van der Waals surface area contributed by atoms with Gasteiger partial charge in [-0.15, -0.1) is 0 Å². The van der Waals surface area contributed by atoms with Crippen molar-refractivity contribution in [1.29, 1.82) is 0 Å². The summed E-state index contributed by atoms with van der Waals surface area (Å²) in [6.45, 7) is 3.90. The molecule has 0 heterocycles. The molecule has 7 nitrogen and oxygen atoms in total. The normalized spacial score (nSPS) is 21.4. The van der Waals surface area contributed by atoms with E-state index in [1.54, 1.807) is 0 Å². The average molecular weight is 492 g/mol. The second-order valence-corrected chi connectivity index (χ2v) is 9.90. The lowest BCUT2D eigenvalue weighted by Gasteiger charge is -2.53. The number of anilines is 1. The molecular weight excluding hydrogens is 461 g/mol. The van der Waals surface area contributed by atoms with Crippen molar-refractivity contribution < 1.29 is 23.5 Å². The smallest absolute Gasteiger partial charge is 0.258 e. The van der Waals surface area contributed by atoms with Crippen LogP contribution in [-0.4, -0.2) is 50.2 Å². The van der Waals surface area contributed by atoms with Gasteiger partial charge in [0.25, 0.3) is 5.91 Å². The van der Waals surface area contributed by atoms with E-state index in [9.17, 15) is 14.0 Å². The standard InChI is InChI=1S/C25H31ClFN3O4/c1-24(28-22(31)13-33-12-17-6-5-7-18(10-17)30(3)4)15-25(2,16-24)29-23(32)14-34-19-8-9-20(26)21(27)11-19/h5-11H,12-16H2,1-4H3,(H,28,31)(H,29,32). The monoisotopic (exact) mass is 491 g/mol. The molecule has 2 N–H and O–H groups in total. The molecule has 2 aromatic carbocycles. The van der Waals surface area contributed by atoms with E-state index in [2.05, 4.69) is 10.6 Å². The molecule has 3 rings (SSSR count). The highest BCUT2D eigenvalue weighted by Crippen LogP contribution is 2.40. The molecule has 184 valence electrons. The molecular formula is C25H31ClFN3O4. The van der Waals surface area contributed by atoms with E-state index < -0.39 is 16.9 Å². The molecule has 2 aromatic rings. The molecule has 1 saturated carbocycles. The molecule has 34 heavy (non-hydrogen) atoms. The van der Waals surface area contributed by atoms with Crippen LogP contribution in [0.15, 0.2) is 42.5 Å². The summed E-state index contributed by atoms with van der Waals surface area (Å²) in [5.41, 5.74) is 1.15. The Bertz CT molecular complexity index is 1040. The van der Waals surface area contributed by atoms with E-state index in [0.717, 1.165) is 17.3 Å². The predicted octanol–water partition coefficient (Wildman–Crippen LogP) is 3.68. The maximum atomic E-state index is 13.5. The molecule has 0 saturated heterocycles. The molecule has 0 spiro atoms. The van der Waals surface area contributed by atoms with Gasteiger partial charge in [0.1, 0.15) is 18.2 Å². The van der Waals surface area contributed by atoms with Gasteiger partial charge in [0.2, 0.25) is 5.91 Å². The zero-order valence-corrected chi connectivity index (χ0v) is 20.7. The number of nitrogens with one attached hydrogen (secondary N) is 2.